The van der Waals surface area contributed by atoms with E-state index in [1.807, 2.05) is 18.3 Å². The van der Waals surface area contributed by atoms with E-state index < -0.39 is 11.4 Å². The van der Waals surface area contributed by atoms with Crippen LogP contribution in [-0.4, -0.2) is 16.1 Å². The highest BCUT2D eigenvalue weighted by Crippen LogP contribution is 2.42. The summed E-state index contributed by atoms with van der Waals surface area (Å²) in [4.78, 5) is 15.7. The van der Waals surface area contributed by atoms with E-state index in [9.17, 15) is 9.90 Å². The molecule has 0 spiro atoms. The Morgan fingerprint density at radius 1 is 1.61 bits per heavy atom. The summed E-state index contributed by atoms with van der Waals surface area (Å²) in [6.07, 6.45) is 8.99. The van der Waals surface area contributed by atoms with Crippen LogP contribution in [0.1, 0.15) is 44.6 Å². The smallest absolute Gasteiger partial charge is 0.309 e. The number of nitrogens with zero attached hydrogens (tertiary/aromatic N) is 1. The highest BCUT2D eigenvalue weighted by atomic mass is 16.4. The molecule has 98 valence electrons. The molecule has 0 amide bonds. The van der Waals surface area contributed by atoms with Gasteiger partial charge < -0.3 is 5.11 Å². The van der Waals surface area contributed by atoms with Gasteiger partial charge in [0.1, 0.15) is 0 Å². The van der Waals surface area contributed by atoms with E-state index in [2.05, 4.69) is 11.9 Å². The van der Waals surface area contributed by atoms with Crippen LogP contribution in [0.5, 0.6) is 0 Å². The molecule has 2 atom stereocenters. The summed E-state index contributed by atoms with van der Waals surface area (Å²) < 4.78 is 0. The van der Waals surface area contributed by atoms with Crippen LogP contribution in [0, 0.1) is 11.3 Å². The van der Waals surface area contributed by atoms with Crippen LogP contribution in [0.15, 0.2) is 24.5 Å². The van der Waals surface area contributed by atoms with Crippen molar-refractivity contribution in [1.82, 2.24) is 4.98 Å². The number of pyridine rings is 1. The van der Waals surface area contributed by atoms with Crippen LogP contribution < -0.4 is 0 Å². The number of carboxylic acids is 1. The van der Waals surface area contributed by atoms with Gasteiger partial charge in [-0.05, 0) is 43.2 Å². The molecule has 2 unspecified atom stereocenters. The maximum atomic E-state index is 11.6. The van der Waals surface area contributed by atoms with Crippen molar-refractivity contribution in [2.45, 2.75) is 45.4 Å². The van der Waals surface area contributed by atoms with Crippen LogP contribution in [-0.2, 0) is 11.2 Å². The van der Waals surface area contributed by atoms with Crippen LogP contribution in [0.3, 0.4) is 0 Å². The lowest BCUT2D eigenvalue weighted by Crippen LogP contribution is -2.36. The lowest BCUT2D eigenvalue weighted by molar-refractivity contribution is -0.152. The van der Waals surface area contributed by atoms with Gasteiger partial charge in [-0.3, -0.25) is 9.78 Å². The largest absolute Gasteiger partial charge is 0.481 e. The average Bonchev–Trinajstić information content (AvgIpc) is 2.37. The summed E-state index contributed by atoms with van der Waals surface area (Å²) in [5.74, 6) is -0.0818. The quantitative estimate of drug-likeness (QED) is 0.888. The molecule has 1 aromatic heterocycles. The van der Waals surface area contributed by atoms with E-state index in [1.54, 1.807) is 6.20 Å². The topological polar surface area (TPSA) is 50.2 Å². The van der Waals surface area contributed by atoms with Gasteiger partial charge in [-0.2, -0.15) is 0 Å². The molecule has 1 fully saturated rings. The Bertz CT molecular complexity index is 404. The molecule has 18 heavy (non-hydrogen) atoms. The lowest BCUT2D eigenvalue weighted by Gasteiger charge is -2.36. The van der Waals surface area contributed by atoms with E-state index in [1.165, 1.54) is 6.42 Å². The Labute approximate surface area is 108 Å². The van der Waals surface area contributed by atoms with E-state index in [0.717, 1.165) is 37.7 Å². The fourth-order valence-electron chi connectivity index (χ4n) is 3.12. The summed E-state index contributed by atoms with van der Waals surface area (Å²) in [5, 5.41) is 9.57. The van der Waals surface area contributed by atoms with Gasteiger partial charge in [-0.1, -0.05) is 25.8 Å². The first-order valence-corrected chi connectivity index (χ1v) is 6.75. The molecule has 1 heterocycles. The molecule has 0 radical (unpaired) electrons. The van der Waals surface area contributed by atoms with Gasteiger partial charge >= 0.3 is 5.97 Å². The van der Waals surface area contributed by atoms with Crippen molar-refractivity contribution in [2.75, 3.05) is 0 Å². The number of aliphatic carboxylic acids is 1. The summed E-state index contributed by atoms with van der Waals surface area (Å²) in [6, 6.07) is 3.93. The highest BCUT2D eigenvalue weighted by molar-refractivity contribution is 5.74. The van der Waals surface area contributed by atoms with Gasteiger partial charge in [0.2, 0.25) is 0 Å². The minimum absolute atomic E-state index is 0.506. The molecule has 1 aliphatic rings. The summed E-state index contributed by atoms with van der Waals surface area (Å²) >= 11 is 0. The minimum atomic E-state index is -0.613. The second-order valence-corrected chi connectivity index (χ2v) is 5.65. The normalized spacial score (nSPS) is 27.9. The van der Waals surface area contributed by atoms with E-state index in [0.29, 0.717) is 5.92 Å². The fourth-order valence-corrected chi connectivity index (χ4v) is 3.12. The van der Waals surface area contributed by atoms with Crippen LogP contribution in [0.4, 0.5) is 0 Å². The number of rotatable bonds is 4. The van der Waals surface area contributed by atoms with E-state index >= 15 is 0 Å². The monoisotopic (exact) mass is 247 g/mol. The number of carbonyl (C=O) groups is 1. The van der Waals surface area contributed by atoms with Crippen molar-refractivity contribution >= 4 is 5.97 Å². The third-order valence-corrected chi connectivity index (χ3v) is 4.16. The van der Waals surface area contributed by atoms with Crippen LogP contribution in [0.25, 0.3) is 0 Å². The Morgan fingerprint density at radius 2 is 2.44 bits per heavy atom. The average molecular weight is 247 g/mol. The summed E-state index contributed by atoms with van der Waals surface area (Å²) in [7, 11) is 0. The third-order valence-electron chi connectivity index (χ3n) is 4.16. The van der Waals surface area contributed by atoms with Crippen LogP contribution >= 0.6 is 0 Å². The maximum Gasteiger partial charge on any atom is 0.309 e. The molecule has 1 N–H and O–H groups in total. The molecule has 3 heteroatoms. The predicted octanol–water partition coefficient (Wildman–Crippen LogP) is 3.30. The Morgan fingerprint density at radius 3 is 3.06 bits per heavy atom. The molecular weight excluding hydrogens is 226 g/mol. The maximum absolute atomic E-state index is 11.6. The predicted molar refractivity (Wildman–Crippen MR) is 70.3 cm³/mol. The summed E-state index contributed by atoms with van der Waals surface area (Å²) in [6.45, 7) is 2.17. The second-order valence-electron chi connectivity index (χ2n) is 5.65. The van der Waals surface area contributed by atoms with Crippen LogP contribution in [0.2, 0.25) is 0 Å². The number of hydrogen-bond donors (Lipinski definition) is 1. The first-order valence-electron chi connectivity index (χ1n) is 6.75. The SMILES string of the molecule is CC1CCCC(CCc2cccnc2)(C(=O)O)C1. The van der Waals surface area contributed by atoms with Crippen molar-refractivity contribution in [1.29, 1.82) is 0 Å². The molecule has 2 rings (SSSR count). The molecular formula is C15H21NO2. The van der Waals surface area contributed by atoms with Gasteiger partial charge in [0, 0.05) is 12.4 Å². The van der Waals surface area contributed by atoms with Crippen molar-refractivity contribution in [3.63, 3.8) is 0 Å². The Kier molecular flexibility index (Phi) is 4.00. The van der Waals surface area contributed by atoms with Gasteiger partial charge in [0.05, 0.1) is 5.41 Å². The lowest BCUT2D eigenvalue weighted by atomic mass is 9.67. The van der Waals surface area contributed by atoms with Crippen molar-refractivity contribution < 1.29 is 9.90 Å². The van der Waals surface area contributed by atoms with Crippen molar-refractivity contribution in [3.05, 3.63) is 30.1 Å². The van der Waals surface area contributed by atoms with Gasteiger partial charge in [0.15, 0.2) is 0 Å². The third kappa shape index (κ3) is 2.89. The van der Waals surface area contributed by atoms with E-state index in [-0.39, 0.29) is 0 Å². The van der Waals surface area contributed by atoms with Gasteiger partial charge in [-0.25, -0.2) is 0 Å². The number of aryl methyl sites for hydroxylation is 1. The summed E-state index contributed by atoms with van der Waals surface area (Å²) in [5.41, 5.74) is 0.629. The molecule has 0 aromatic carbocycles. The fraction of sp³-hybridized carbons (Fsp3) is 0.600. The number of aromatic nitrogens is 1. The standard InChI is InChI=1S/C15H21NO2/c1-12-4-2-7-15(10-12,14(17)18)8-6-13-5-3-9-16-11-13/h3,5,9,11-12H,2,4,6-8,10H2,1H3,(H,17,18). The van der Waals surface area contributed by atoms with Gasteiger partial charge in [0.25, 0.3) is 0 Å². The van der Waals surface area contributed by atoms with Gasteiger partial charge in [-0.15, -0.1) is 0 Å². The molecule has 3 nitrogen and oxygen atoms in total. The molecule has 1 aromatic rings. The zero-order valence-electron chi connectivity index (χ0n) is 10.9. The zero-order valence-corrected chi connectivity index (χ0v) is 10.9. The number of carboxylic acid groups (broad SMARTS) is 1. The minimum Gasteiger partial charge on any atom is -0.481 e. The van der Waals surface area contributed by atoms with Crippen molar-refractivity contribution in [3.8, 4) is 0 Å². The second kappa shape index (κ2) is 5.51. The molecule has 1 saturated carbocycles. The molecule has 1 aliphatic carbocycles. The Balaban J connectivity index is 2.05. The van der Waals surface area contributed by atoms with Crippen molar-refractivity contribution in [2.24, 2.45) is 11.3 Å². The highest BCUT2D eigenvalue weighted by Gasteiger charge is 2.41. The Hall–Kier alpha value is -1.38. The molecule has 0 bridgehead atoms. The first-order chi connectivity index (χ1) is 8.62. The molecule has 0 saturated heterocycles. The first kappa shape index (κ1) is 13.1. The van der Waals surface area contributed by atoms with E-state index in [4.69, 9.17) is 0 Å². The zero-order chi connectivity index (χ0) is 13.0. The molecule has 0 aliphatic heterocycles. The number of hydrogen-bond acceptors (Lipinski definition) is 2.